The van der Waals surface area contributed by atoms with E-state index in [4.69, 9.17) is 0 Å². The molecule has 0 aromatic carbocycles. The van der Waals surface area contributed by atoms with Crippen molar-refractivity contribution in [3.8, 4) is 0 Å². The van der Waals surface area contributed by atoms with E-state index in [1.165, 1.54) is 18.4 Å². The van der Waals surface area contributed by atoms with E-state index < -0.39 is 0 Å². The van der Waals surface area contributed by atoms with Crippen LogP contribution in [0.2, 0.25) is 0 Å². The first kappa shape index (κ1) is 15.0. The van der Waals surface area contributed by atoms with Crippen LogP contribution in [-0.4, -0.2) is 17.0 Å². The molecule has 22 heavy (non-hydrogen) atoms. The first-order chi connectivity index (χ1) is 9.94. The van der Waals surface area contributed by atoms with Crippen LogP contribution in [-0.2, 0) is 4.79 Å². The number of hydrogen-bond acceptors (Lipinski definition) is 2. The molecule has 4 aliphatic rings. The van der Waals surface area contributed by atoms with Gasteiger partial charge in [0.2, 0.25) is 0 Å². The minimum atomic E-state index is -0.253. The predicted molar refractivity (Wildman–Crippen MR) is 82.3 cm³/mol. The van der Waals surface area contributed by atoms with Crippen molar-refractivity contribution in [1.82, 2.24) is 0 Å². The molecule has 0 bridgehead atoms. The van der Waals surface area contributed by atoms with Gasteiger partial charge in [-0.05, 0) is 37.3 Å². The number of carbonyl (C=O) groups is 1. The molecule has 116 valence electrons. The second-order valence-electron chi connectivity index (χ2n) is 8.08. The molecule has 0 aromatic heterocycles. The summed E-state index contributed by atoms with van der Waals surface area (Å²) in [4.78, 5) is 11.7. The standard InChI is InChI=1S/C19H25O2.Rf/c1-18-8-3-4-15(18)14-6-5-12-10-13(20)7-9-19(12,2)17(14)16(21)11-18;/h7-10,14-17,21H,3-6,11H2,1-2H3;/q-1;. The molecule has 3 fully saturated rings. The van der Waals surface area contributed by atoms with Crippen LogP contribution in [0.1, 0.15) is 46.0 Å². The van der Waals surface area contributed by atoms with Crippen molar-refractivity contribution in [2.45, 2.75) is 52.1 Å². The molecule has 2 nitrogen and oxygen atoms in total. The van der Waals surface area contributed by atoms with Gasteiger partial charge in [0, 0.05) is 11.3 Å². The largest absolute Gasteiger partial charge is 0.393 e. The molecule has 4 aliphatic carbocycles. The summed E-state index contributed by atoms with van der Waals surface area (Å²) in [6.45, 7) is 4.58. The SMILES string of the molecule is CC12[CH-]CCC1C1CCC3=CC(=O)C=CC3(C)C1C(O)C2.[Rf]. The molecule has 6 atom stereocenters. The molecule has 6 unspecified atom stereocenters. The molecule has 4 rings (SSSR count). The summed E-state index contributed by atoms with van der Waals surface area (Å²) in [5.41, 5.74) is 1.37. The molecule has 3 saturated carbocycles. The van der Waals surface area contributed by atoms with Crippen LogP contribution in [0.15, 0.2) is 23.8 Å². The fourth-order valence-electron chi connectivity index (χ4n) is 6.08. The Labute approximate surface area is 127 Å². The number of allylic oxidation sites excluding steroid dienone is 4. The van der Waals surface area contributed by atoms with Crippen LogP contribution in [0.3, 0.4) is 0 Å². The molecule has 0 aliphatic heterocycles. The van der Waals surface area contributed by atoms with Gasteiger partial charge in [-0.2, -0.15) is 11.8 Å². The second-order valence-corrected chi connectivity index (χ2v) is 8.08. The van der Waals surface area contributed by atoms with Crippen molar-refractivity contribution in [3.05, 3.63) is 30.2 Å². The van der Waals surface area contributed by atoms with Crippen molar-refractivity contribution in [2.75, 3.05) is 0 Å². The fraction of sp³-hybridized carbons (Fsp3) is 0.684. The summed E-state index contributed by atoms with van der Waals surface area (Å²) < 4.78 is 0. The molecule has 0 saturated heterocycles. The van der Waals surface area contributed by atoms with Gasteiger partial charge in [0.15, 0.2) is 5.78 Å². The van der Waals surface area contributed by atoms with Crippen molar-refractivity contribution in [1.29, 1.82) is 0 Å². The maximum atomic E-state index is 11.7. The number of hydrogen-bond donors (Lipinski definition) is 1. The monoisotopic (exact) mass is 552 g/mol. The van der Waals surface area contributed by atoms with Gasteiger partial charge in [-0.1, -0.05) is 37.8 Å². The maximum absolute atomic E-state index is 11.7. The number of aliphatic hydroxyl groups is 1. The molecular formula is C19H25O2Rf-. The first-order valence-corrected chi connectivity index (χ1v) is 8.41. The minimum absolute atomic E-state index is 0. The van der Waals surface area contributed by atoms with Gasteiger partial charge < -0.3 is 11.5 Å². The third kappa shape index (κ3) is 1.75. The maximum Gasteiger partial charge on any atom is 0.178 e. The van der Waals surface area contributed by atoms with Gasteiger partial charge >= 0.3 is 0 Å². The van der Waals surface area contributed by atoms with Gasteiger partial charge in [-0.3, -0.25) is 4.79 Å². The van der Waals surface area contributed by atoms with Crippen LogP contribution in [0.5, 0.6) is 0 Å². The molecule has 0 heterocycles. The van der Waals surface area contributed by atoms with Crippen molar-refractivity contribution in [3.63, 3.8) is 0 Å². The van der Waals surface area contributed by atoms with E-state index in [0.717, 1.165) is 25.2 Å². The Balaban J connectivity index is 0.00000144. The average molecular weight is 552 g/mol. The van der Waals surface area contributed by atoms with E-state index in [9.17, 15) is 9.90 Å². The van der Waals surface area contributed by atoms with Crippen molar-refractivity contribution in [2.24, 2.45) is 28.6 Å². The first-order valence-electron chi connectivity index (χ1n) is 8.41. The topological polar surface area (TPSA) is 37.3 Å². The summed E-state index contributed by atoms with van der Waals surface area (Å²) in [7, 11) is 0. The Morgan fingerprint density at radius 1 is 1.32 bits per heavy atom. The average Bonchev–Trinajstić information content (AvgIpc) is 2.80. The van der Waals surface area contributed by atoms with Crippen LogP contribution in [0.25, 0.3) is 0 Å². The van der Waals surface area contributed by atoms with Gasteiger partial charge in [-0.25, -0.2) is 0 Å². The van der Waals surface area contributed by atoms with Crippen molar-refractivity contribution < 1.29 is 9.90 Å². The Bertz CT molecular complexity index is 552. The third-order valence-electron chi connectivity index (χ3n) is 7.02. The Morgan fingerprint density at radius 2 is 2.09 bits per heavy atom. The van der Waals surface area contributed by atoms with Crippen LogP contribution in [0, 0.1) is 35.0 Å². The van der Waals surface area contributed by atoms with Gasteiger partial charge in [0.1, 0.15) is 0 Å². The normalized spacial score (nSPS) is 49.6. The van der Waals surface area contributed by atoms with Crippen molar-refractivity contribution >= 4 is 5.78 Å². The van der Waals surface area contributed by atoms with Gasteiger partial charge in [0.05, 0.1) is 6.10 Å². The molecular weight excluding hydrogens is 527 g/mol. The summed E-state index contributed by atoms with van der Waals surface area (Å²) >= 11 is 0. The Kier molecular flexibility index (Phi) is 3.11. The van der Waals surface area contributed by atoms with E-state index >= 15 is 0 Å². The third-order valence-corrected chi connectivity index (χ3v) is 7.02. The fourth-order valence-corrected chi connectivity index (χ4v) is 6.08. The molecule has 3 heteroatoms. The number of fused-ring (bicyclic) bond motifs is 5. The second kappa shape index (κ2) is 4.55. The van der Waals surface area contributed by atoms with Gasteiger partial charge in [-0.15, -0.1) is 0 Å². The zero-order valence-corrected chi connectivity index (χ0v) is 20.1. The van der Waals surface area contributed by atoms with Crippen LogP contribution < -0.4 is 0 Å². The number of carbonyl (C=O) groups excluding carboxylic acids is 1. The van der Waals surface area contributed by atoms with E-state index in [-0.39, 0.29) is 28.6 Å². The molecule has 0 amide bonds. The Morgan fingerprint density at radius 3 is 2.86 bits per heavy atom. The summed E-state index contributed by atoms with van der Waals surface area (Å²) in [5.74, 6) is 1.71. The summed E-state index contributed by atoms with van der Waals surface area (Å²) in [6.07, 6.45) is 13.4. The summed E-state index contributed by atoms with van der Waals surface area (Å²) in [5, 5.41) is 10.9. The quantitative estimate of drug-likeness (QED) is 0.468. The van der Waals surface area contributed by atoms with Crippen LogP contribution in [0.4, 0.5) is 0 Å². The van der Waals surface area contributed by atoms with E-state index in [1.54, 1.807) is 6.08 Å². The van der Waals surface area contributed by atoms with Crippen LogP contribution >= 0.6 is 0 Å². The number of aliphatic hydroxyl groups excluding tert-OH is 1. The smallest absolute Gasteiger partial charge is 0.178 e. The summed E-state index contributed by atoms with van der Waals surface area (Å²) in [6, 6.07) is 0. The predicted octanol–water partition coefficient (Wildman–Crippen LogP) is 3.47. The zero-order valence-electron chi connectivity index (χ0n) is 13.7. The number of rotatable bonds is 0. The van der Waals surface area contributed by atoms with Gasteiger partial charge in [0.25, 0.3) is 0 Å². The van der Waals surface area contributed by atoms with E-state index in [0.29, 0.717) is 5.92 Å². The molecule has 0 spiro atoms. The Hall–Kier alpha value is -1.89. The zero-order chi connectivity index (χ0) is 14.8. The molecule has 1 N–H and O–H groups in total. The number of ketones is 1. The van der Waals surface area contributed by atoms with E-state index in [1.807, 2.05) is 6.08 Å². The minimum Gasteiger partial charge on any atom is -0.393 e. The van der Waals surface area contributed by atoms with E-state index in [2.05, 4.69) is 26.3 Å². The molecule has 0 aromatic rings. The molecule has 0 radical (unpaired) electrons.